The van der Waals surface area contributed by atoms with Crippen LogP contribution in [0.2, 0.25) is 0 Å². The van der Waals surface area contributed by atoms with Crippen LogP contribution in [0.4, 0.5) is 0 Å². The minimum atomic E-state index is -3.41. The van der Waals surface area contributed by atoms with Crippen molar-refractivity contribution < 1.29 is 17.4 Å². The Bertz CT molecular complexity index is 468. The van der Waals surface area contributed by atoms with E-state index in [1.807, 2.05) is 37.3 Å². The first-order valence-corrected chi connectivity index (χ1v) is 6.87. The predicted octanol–water partition coefficient (Wildman–Crippen LogP) is 1.40. The second-order valence-corrected chi connectivity index (χ2v) is 5.05. The molecule has 0 saturated heterocycles. The monoisotopic (exact) mass is 257 g/mol. The Labute approximate surface area is 101 Å². The highest BCUT2D eigenvalue weighted by atomic mass is 32.2. The molecule has 0 aromatic heterocycles. The minimum absolute atomic E-state index is 0.0373. The van der Waals surface area contributed by atoms with Crippen LogP contribution in [0.25, 0.3) is 0 Å². The van der Waals surface area contributed by atoms with Gasteiger partial charge in [0, 0.05) is 0 Å². The van der Waals surface area contributed by atoms with Gasteiger partial charge < -0.3 is 4.84 Å². The molecule has 94 valence electrons. The maximum absolute atomic E-state index is 10.6. The van der Waals surface area contributed by atoms with E-state index in [1.165, 1.54) is 0 Å². The molecule has 1 rings (SSSR count). The van der Waals surface area contributed by atoms with Crippen LogP contribution in [-0.4, -0.2) is 33.6 Å². The van der Waals surface area contributed by atoms with Gasteiger partial charge in [-0.05, 0) is 12.5 Å². The van der Waals surface area contributed by atoms with Gasteiger partial charge in [-0.3, -0.25) is 4.18 Å². The van der Waals surface area contributed by atoms with Crippen molar-refractivity contribution >= 4 is 15.8 Å². The summed E-state index contributed by atoms with van der Waals surface area (Å²) in [5.74, 6) is 0. The zero-order chi connectivity index (χ0) is 12.7. The third kappa shape index (κ3) is 6.03. The van der Waals surface area contributed by atoms with E-state index in [-0.39, 0.29) is 13.2 Å². The second kappa shape index (κ2) is 6.36. The fourth-order valence-corrected chi connectivity index (χ4v) is 1.47. The molecule has 0 unspecified atom stereocenters. The zero-order valence-corrected chi connectivity index (χ0v) is 10.6. The van der Waals surface area contributed by atoms with Gasteiger partial charge in [0.15, 0.2) is 0 Å². The molecule has 0 fully saturated rings. The molecular formula is C11H15NO4S. The summed E-state index contributed by atoms with van der Waals surface area (Å²) in [6, 6.07) is 9.55. The summed E-state index contributed by atoms with van der Waals surface area (Å²) in [7, 11) is -3.41. The summed E-state index contributed by atoms with van der Waals surface area (Å²) in [6.07, 6.45) is 0.992. The van der Waals surface area contributed by atoms with Gasteiger partial charge >= 0.3 is 0 Å². The second-order valence-electron chi connectivity index (χ2n) is 3.40. The molecule has 17 heavy (non-hydrogen) atoms. The number of nitrogens with zero attached hydrogens (tertiary/aromatic N) is 1. The Balaban J connectivity index is 2.35. The third-order valence-electron chi connectivity index (χ3n) is 1.87. The predicted molar refractivity (Wildman–Crippen MR) is 65.4 cm³/mol. The molecule has 0 aliphatic carbocycles. The highest BCUT2D eigenvalue weighted by Crippen LogP contribution is 2.01. The topological polar surface area (TPSA) is 65.0 Å². The van der Waals surface area contributed by atoms with Crippen molar-refractivity contribution in [1.82, 2.24) is 0 Å². The third-order valence-corrected chi connectivity index (χ3v) is 2.46. The summed E-state index contributed by atoms with van der Waals surface area (Å²) in [6.45, 7) is 1.87. The molecule has 0 N–H and O–H groups in total. The van der Waals surface area contributed by atoms with Crippen molar-refractivity contribution in [1.29, 1.82) is 0 Å². The average Bonchev–Trinajstić information content (AvgIpc) is 2.28. The van der Waals surface area contributed by atoms with E-state index >= 15 is 0 Å². The van der Waals surface area contributed by atoms with Crippen LogP contribution in [-0.2, 0) is 19.1 Å². The van der Waals surface area contributed by atoms with Crippen molar-refractivity contribution in [3.63, 3.8) is 0 Å². The quantitative estimate of drug-likeness (QED) is 0.334. The molecule has 1 aromatic rings. The van der Waals surface area contributed by atoms with E-state index in [0.29, 0.717) is 0 Å². The van der Waals surface area contributed by atoms with Crippen LogP contribution in [0.1, 0.15) is 12.5 Å². The van der Waals surface area contributed by atoms with E-state index in [1.54, 1.807) is 0 Å². The molecule has 1 aromatic carbocycles. The van der Waals surface area contributed by atoms with Gasteiger partial charge in [0.25, 0.3) is 10.1 Å². The van der Waals surface area contributed by atoms with Gasteiger partial charge in [-0.25, -0.2) is 0 Å². The van der Waals surface area contributed by atoms with Crippen molar-refractivity contribution in [2.24, 2.45) is 5.16 Å². The maximum Gasteiger partial charge on any atom is 0.264 e. The van der Waals surface area contributed by atoms with E-state index < -0.39 is 10.1 Å². The molecule has 0 radical (unpaired) electrons. The van der Waals surface area contributed by atoms with E-state index in [0.717, 1.165) is 17.5 Å². The Kier molecular flexibility index (Phi) is 5.11. The van der Waals surface area contributed by atoms with E-state index in [2.05, 4.69) is 9.34 Å². The zero-order valence-electron chi connectivity index (χ0n) is 9.79. The maximum atomic E-state index is 10.6. The molecule has 0 bridgehead atoms. The molecule has 6 heteroatoms. The summed E-state index contributed by atoms with van der Waals surface area (Å²) < 4.78 is 25.8. The van der Waals surface area contributed by atoms with Gasteiger partial charge in [-0.1, -0.05) is 35.5 Å². The Hall–Kier alpha value is -1.40. The summed E-state index contributed by atoms with van der Waals surface area (Å²) >= 11 is 0. The van der Waals surface area contributed by atoms with Crippen molar-refractivity contribution in [3.05, 3.63) is 35.9 Å². The van der Waals surface area contributed by atoms with Crippen LogP contribution in [0, 0.1) is 0 Å². The molecule has 5 nitrogen and oxygen atoms in total. The number of benzene rings is 1. The number of hydrogen-bond donors (Lipinski definition) is 0. The van der Waals surface area contributed by atoms with Gasteiger partial charge in [-0.15, -0.1) is 0 Å². The Morgan fingerprint density at radius 3 is 2.47 bits per heavy atom. The lowest BCUT2D eigenvalue weighted by Gasteiger charge is -2.02. The van der Waals surface area contributed by atoms with Crippen LogP contribution < -0.4 is 0 Å². The van der Waals surface area contributed by atoms with Crippen LogP contribution in [0.15, 0.2) is 35.5 Å². The van der Waals surface area contributed by atoms with Crippen LogP contribution in [0.5, 0.6) is 0 Å². The van der Waals surface area contributed by atoms with E-state index in [9.17, 15) is 8.42 Å². The number of rotatable bonds is 6. The first-order valence-electron chi connectivity index (χ1n) is 5.05. The Morgan fingerprint density at radius 1 is 1.24 bits per heavy atom. The Morgan fingerprint density at radius 2 is 1.88 bits per heavy atom. The summed E-state index contributed by atoms with van der Waals surface area (Å²) in [5.41, 5.74) is 1.68. The summed E-state index contributed by atoms with van der Waals surface area (Å²) in [5, 5.41) is 3.86. The smallest absolute Gasteiger partial charge is 0.264 e. The van der Waals surface area contributed by atoms with Crippen molar-refractivity contribution in [2.75, 3.05) is 19.5 Å². The largest absolute Gasteiger partial charge is 0.393 e. The molecule has 0 heterocycles. The lowest BCUT2D eigenvalue weighted by molar-refractivity contribution is 0.109. The van der Waals surface area contributed by atoms with Gasteiger partial charge in [0.1, 0.15) is 13.2 Å². The standard InChI is InChI=1S/C11H15NO4S/c1-10(11-6-4-3-5-7-11)12-15-8-9-16-17(2,13)14/h3-7H,8-9H2,1-2H3/b12-10-. The van der Waals surface area contributed by atoms with Gasteiger partial charge in [0.2, 0.25) is 0 Å². The number of hydrogen-bond acceptors (Lipinski definition) is 5. The first-order chi connectivity index (χ1) is 7.99. The fraction of sp³-hybridized carbons (Fsp3) is 0.364. The highest BCUT2D eigenvalue weighted by molar-refractivity contribution is 7.85. The number of oxime groups is 1. The normalized spacial score (nSPS) is 12.5. The summed E-state index contributed by atoms with van der Waals surface area (Å²) in [4.78, 5) is 4.94. The lowest BCUT2D eigenvalue weighted by atomic mass is 10.1. The highest BCUT2D eigenvalue weighted by Gasteiger charge is 2.00. The molecule has 0 aliphatic rings. The fourth-order valence-electron chi connectivity index (χ4n) is 1.10. The first kappa shape index (κ1) is 13.7. The molecule has 0 atom stereocenters. The van der Waals surface area contributed by atoms with Crippen molar-refractivity contribution in [2.45, 2.75) is 6.92 Å². The van der Waals surface area contributed by atoms with Gasteiger partial charge in [0.05, 0.1) is 12.0 Å². The lowest BCUT2D eigenvalue weighted by Crippen LogP contribution is -2.08. The van der Waals surface area contributed by atoms with Crippen LogP contribution in [0.3, 0.4) is 0 Å². The minimum Gasteiger partial charge on any atom is -0.393 e. The van der Waals surface area contributed by atoms with Gasteiger partial charge in [-0.2, -0.15) is 8.42 Å². The van der Waals surface area contributed by atoms with E-state index in [4.69, 9.17) is 4.84 Å². The molecule has 0 aliphatic heterocycles. The SMILES string of the molecule is C/C(=N/OCCOS(C)(=O)=O)c1ccccc1. The van der Waals surface area contributed by atoms with Crippen LogP contribution >= 0.6 is 0 Å². The molecular weight excluding hydrogens is 242 g/mol. The van der Waals surface area contributed by atoms with Crippen molar-refractivity contribution in [3.8, 4) is 0 Å². The molecule has 0 saturated carbocycles. The average molecular weight is 257 g/mol. The molecule has 0 spiro atoms. The molecule has 0 amide bonds.